The van der Waals surface area contributed by atoms with Crippen LogP contribution in [0.15, 0.2) is 78.9 Å². The lowest BCUT2D eigenvalue weighted by molar-refractivity contribution is 0.0601. The number of carbonyl (C=O) groups is 2. The number of fused-ring (bicyclic) bond motifs is 3. The first-order chi connectivity index (χ1) is 17.5. The Hall–Kier alpha value is -4.36. The molecule has 1 amide bonds. The van der Waals surface area contributed by atoms with Gasteiger partial charge in [-0.25, -0.2) is 19.6 Å². The largest absolute Gasteiger partial charge is 0.497 e. The fourth-order valence-corrected chi connectivity index (χ4v) is 4.71. The number of benzene rings is 4. The number of hydrogen-bond acceptors (Lipinski definition) is 6. The van der Waals surface area contributed by atoms with Crippen molar-refractivity contribution in [1.82, 2.24) is 5.01 Å². The van der Waals surface area contributed by atoms with Gasteiger partial charge in [0.15, 0.2) is 0 Å². The Morgan fingerprint density at radius 2 is 1.61 bits per heavy atom. The van der Waals surface area contributed by atoms with Gasteiger partial charge in [0.05, 0.1) is 32.6 Å². The summed E-state index contributed by atoms with van der Waals surface area (Å²) in [6.07, 6.45) is -0.481. The van der Waals surface area contributed by atoms with Gasteiger partial charge in [0.25, 0.3) is 0 Å². The third kappa shape index (κ3) is 4.14. The van der Waals surface area contributed by atoms with Crippen molar-refractivity contribution in [2.24, 2.45) is 0 Å². The number of carbonyl (C=O) groups excluding carboxylic acids is 2. The van der Waals surface area contributed by atoms with Crippen molar-refractivity contribution in [3.8, 4) is 16.9 Å². The van der Waals surface area contributed by atoms with Crippen LogP contribution < -0.4 is 9.75 Å². The highest BCUT2D eigenvalue weighted by molar-refractivity contribution is 6.08. The molecule has 1 aliphatic rings. The van der Waals surface area contributed by atoms with Crippen molar-refractivity contribution >= 4 is 28.5 Å². The second-order valence-electron chi connectivity index (χ2n) is 8.50. The number of anilines is 1. The van der Waals surface area contributed by atoms with Crippen LogP contribution in [-0.4, -0.2) is 38.4 Å². The SMILES string of the molecule is COC(=O)c1ccc2c3c(c(-c4ccccc4)cc2c1)CN(Cc1ccc(OC)cc1)N3C(=O)OC. The predicted molar refractivity (Wildman–Crippen MR) is 138 cm³/mol. The lowest BCUT2D eigenvalue weighted by Crippen LogP contribution is -2.41. The minimum Gasteiger partial charge on any atom is -0.497 e. The van der Waals surface area contributed by atoms with Crippen LogP contribution in [0.4, 0.5) is 10.5 Å². The quantitative estimate of drug-likeness (QED) is 0.335. The van der Waals surface area contributed by atoms with Gasteiger partial charge in [-0.2, -0.15) is 0 Å². The number of amides is 1. The molecule has 0 aromatic heterocycles. The van der Waals surface area contributed by atoms with Gasteiger partial charge in [-0.1, -0.05) is 48.5 Å². The molecule has 0 bridgehead atoms. The summed E-state index contributed by atoms with van der Waals surface area (Å²) in [5.41, 5.74) is 5.25. The summed E-state index contributed by atoms with van der Waals surface area (Å²) in [6.45, 7) is 0.999. The molecule has 0 aliphatic carbocycles. The smallest absolute Gasteiger partial charge is 0.429 e. The van der Waals surface area contributed by atoms with Gasteiger partial charge < -0.3 is 14.2 Å². The lowest BCUT2D eigenvalue weighted by Gasteiger charge is -2.27. The molecule has 0 unspecified atom stereocenters. The number of hydrogen-bond donors (Lipinski definition) is 0. The second kappa shape index (κ2) is 9.71. The van der Waals surface area contributed by atoms with Crippen LogP contribution in [-0.2, 0) is 22.6 Å². The third-order valence-electron chi connectivity index (χ3n) is 6.43. The molecule has 0 saturated carbocycles. The molecule has 1 heterocycles. The number of methoxy groups -OCH3 is 3. The zero-order chi connectivity index (χ0) is 25.2. The summed E-state index contributed by atoms with van der Waals surface area (Å²) in [4.78, 5) is 25.4. The van der Waals surface area contributed by atoms with Crippen molar-refractivity contribution < 1.29 is 23.8 Å². The van der Waals surface area contributed by atoms with E-state index in [1.165, 1.54) is 14.2 Å². The highest BCUT2D eigenvalue weighted by Gasteiger charge is 2.36. The van der Waals surface area contributed by atoms with E-state index in [-0.39, 0.29) is 0 Å². The summed E-state index contributed by atoms with van der Waals surface area (Å²) < 4.78 is 15.4. The molecule has 4 aromatic carbocycles. The van der Waals surface area contributed by atoms with Crippen molar-refractivity contribution in [2.45, 2.75) is 13.1 Å². The first-order valence-corrected chi connectivity index (χ1v) is 11.5. The van der Waals surface area contributed by atoms with E-state index >= 15 is 0 Å². The molecule has 7 nitrogen and oxygen atoms in total. The van der Waals surface area contributed by atoms with Gasteiger partial charge >= 0.3 is 12.1 Å². The number of esters is 1. The third-order valence-corrected chi connectivity index (χ3v) is 6.43. The molecule has 0 radical (unpaired) electrons. The van der Waals surface area contributed by atoms with E-state index < -0.39 is 12.1 Å². The zero-order valence-corrected chi connectivity index (χ0v) is 20.4. The van der Waals surface area contributed by atoms with Crippen LogP contribution in [0.1, 0.15) is 21.5 Å². The first-order valence-electron chi connectivity index (χ1n) is 11.5. The molecule has 36 heavy (non-hydrogen) atoms. The molecular formula is C29H26N2O5. The van der Waals surface area contributed by atoms with E-state index in [2.05, 4.69) is 6.07 Å². The Morgan fingerprint density at radius 3 is 2.28 bits per heavy atom. The Balaban J connectivity index is 1.69. The maximum absolute atomic E-state index is 13.2. The van der Waals surface area contributed by atoms with Gasteiger partial charge in [-0.15, -0.1) is 0 Å². The molecule has 0 saturated heterocycles. The summed E-state index contributed by atoms with van der Waals surface area (Å²) in [5, 5.41) is 5.25. The number of ether oxygens (including phenoxy) is 3. The number of nitrogens with zero attached hydrogens (tertiary/aromatic N) is 2. The van der Waals surface area contributed by atoms with E-state index in [1.807, 2.05) is 65.7 Å². The van der Waals surface area contributed by atoms with Gasteiger partial charge in [0.2, 0.25) is 0 Å². The number of hydrazine groups is 1. The zero-order valence-electron chi connectivity index (χ0n) is 20.4. The normalized spacial score (nSPS) is 12.9. The molecule has 5 rings (SSSR count). The van der Waals surface area contributed by atoms with Crippen molar-refractivity contribution in [3.63, 3.8) is 0 Å². The van der Waals surface area contributed by atoms with Crippen LogP contribution >= 0.6 is 0 Å². The van der Waals surface area contributed by atoms with Crippen LogP contribution in [0.3, 0.4) is 0 Å². The number of rotatable bonds is 5. The van der Waals surface area contributed by atoms with E-state index in [4.69, 9.17) is 14.2 Å². The van der Waals surface area contributed by atoms with Crippen molar-refractivity contribution in [1.29, 1.82) is 0 Å². The van der Waals surface area contributed by atoms with Crippen LogP contribution in [0, 0.1) is 0 Å². The van der Waals surface area contributed by atoms with Crippen LogP contribution in [0.2, 0.25) is 0 Å². The molecule has 4 aromatic rings. The van der Waals surface area contributed by atoms with Gasteiger partial charge in [0, 0.05) is 24.0 Å². The summed E-state index contributed by atoms with van der Waals surface area (Å²) in [6, 6.07) is 25.2. The maximum Gasteiger partial charge on any atom is 0.429 e. The summed E-state index contributed by atoms with van der Waals surface area (Å²) >= 11 is 0. The minimum atomic E-state index is -0.481. The minimum absolute atomic E-state index is 0.412. The molecule has 1 aliphatic heterocycles. The van der Waals surface area contributed by atoms with Gasteiger partial charge in [0.1, 0.15) is 5.75 Å². The van der Waals surface area contributed by atoms with Crippen LogP contribution in [0.5, 0.6) is 5.75 Å². The Kier molecular flexibility index (Phi) is 6.31. The Bertz CT molecular complexity index is 1430. The van der Waals surface area contributed by atoms with Gasteiger partial charge in [-0.3, -0.25) is 0 Å². The highest BCUT2D eigenvalue weighted by atomic mass is 16.5. The maximum atomic E-state index is 13.2. The van der Waals surface area contributed by atoms with E-state index in [0.717, 1.165) is 44.5 Å². The monoisotopic (exact) mass is 482 g/mol. The van der Waals surface area contributed by atoms with Gasteiger partial charge in [-0.05, 0) is 52.4 Å². The van der Waals surface area contributed by atoms with Crippen LogP contribution in [0.25, 0.3) is 21.9 Å². The molecule has 0 fully saturated rings. The Morgan fingerprint density at radius 1 is 0.861 bits per heavy atom. The fraction of sp³-hybridized carbons (Fsp3) is 0.172. The van der Waals surface area contributed by atoms with Crippen molar-refractivity contribution in [3.05, 3.63) is 95.6 Å². The lowest BCUT2D eigenvalue weighted by atomic mass is 9.93. The molecule has 7 heteroatoms. The molecular weight excluding hydrogens is 456 g/mol. The predicted octanol–water partition coefficient (Wildman–Crippen LogP) is 5.81. The Labute approximate surface area is 209 Å². The first kappa shape index (κ1) is 23.4. The molecule has 182 valence electrons. The van der Waals surface area contributed by atoms with E-state index in [0.29, 0.717) is 18.7 Å². The molecule has 0 spiro atoms. The summed E-state index contributed by atoms with van der Waals surface area (Å²) in [7, 11) is 4.37. The topological polar surface area (TPSA) is 68.3 Å². The molecule has 0 atom stereocenters. The standard InChI is InChI=1S/C29H26N2O5/c1-34-23-12-9-19(10-13-23)17-30-18-26-25(20-7-5-4-6-8-20)16-22-15-21(28(32)35-2)11-14-24(22)27(26)31(30)29(33)36-3/h4-16H,17-18H2,1-3H3. The van der Waals surface area contributed by atoms with Crippen molar-refractivity contribution in [2.75, 3.05) is 26.3 Å². The second-order valence-corrected chi connectivity index (χ2v) is 8.50. The average Bonchev–Trinajstić information content (AvgIpc) is 3.31. The highest BCUT2D eigenvalue weighted by Crippen LogP contribution is 2.45. The van der Waals surface area contributed by atoms with E-state index in [9.17, 15) is 9.59 Å². The average molecular weight is 483 g/mol. The summed E-state index contributed by atoms with van der Waals surface area (Å²) in [5.74, 6) is 0.358. The van der Waals surface area contributed by atoms with E-state index in [1.54, 1.807) is 24.3 Å². The fourth-order valence-electron chi connectivity index (χ4n) is 4.71. The molecule has 0 N–H and O–H groups in total.